The van der Waals surface area contributed by atoms with Gasteiger partial charge >= 0.3 is 0 Å². The molecule has 0 aliphatic rings. The van der Waals surface area contributed by atoms with E-state index in [4.69, 9.17) is 23.2 Å². The molecule has 0 radical (unpaired) electrons. The van der Waals surface area contributed by atoms with Crippen molar-refractivity contribution in [2.75, 3.05) is 0 Å². The molecular weight excluding hydrogens is 408 g/mol. The third-order valence-corrected chi connectivity index (χ3v) is 4.72. The maximum Gasteiger partial charge on any atom is 0.251 e. The Morgan fingerprint density at radius 3 is 2.40 bits per heavy atom. The molecule has 1 unspecified atom stereocenters. The number of amides is 1. The van der Waals surface area contributed by atoms with Crippen LogP contribution in [0.4, 0.5) is 0 Å². The van der Waals surface area contributed by atoms with Crippen molar-refractivity contribution in [1.29, 1.82) is 0 Å². The summed E-state index contributed by atoms with van der Waals surface area (Å²) in [5.41, 5.74) is 1.55. The summed E-state index contributed by atoms with van der Waals surface area (Å²) < 4.78 is 0.923. The average molecular weight is 420 g/mol. The molecule has 0 saturated carbocycles. The maximum absolute atomic E-state index is 12.2. The van der Waals surface area contributed by atoms with Gasteiger partial charge in [-0.25, -0.2) is 0 Å². The fourth-order valence-corrected chi connectivity index (χ4v) is 2.39. The molecule has 0 heterocycles. The van der Waals surface area contributed by atoms with Crippen LogP contribution in [0.5, 0.6) is 0 Å². The minimum Gasteiger partial charge on any atom is -0.346 e. The van der Waals surface area contributed by atoms with Crippen LogP contribution < -0.4 is 5.32 Å². The highest BCUT2D eigenvalue weighted by Crippen LogP contribution is 2.21. The molecule has 2 nitrogen and oxygen atoms in total. The van der Waals surface area contributed by atoms with Gasteiger partial charge in [-0.3, -0.25) is 4.79 Å². The van der Waals surface area contributed by atoms with Gasteiger partial charge in [0.2, 0.25) is 0 Å². The van der Waals surface area contributed by atoms with E-state index in [1.165, 1.54) is 0 Å². The van der Waals surface area contributed by atoms with Crippen molar-refractivity contribution in [1.82, 2.24) is 5.32 Å². The Bertz CT molecular complexity index is 628. The van der Waals surface area contributed by atoms with Gasteiger partial charge in [-0.05, 0) is 65.4 Å². The van der Waals surface area contributed by atoms with Crippen molar-refractivity contribution in [2.24, 2.45) is 0 Å². The van der Waals surface area contributed by atoms with Crippen LogP contribution >= 0.6 is 45.8 Å². The van der Waals surface area contributed by atoms with Crippen molar-refractivity contribution >= 4 is 51.7 Å². The van der Waals surface area contributed by atoms with E-state index in [0.29, 0.717) is 15.6 Å². The number of nitrogens with one attached hydrogen (secondary N) is 1. The lowest BCUT2D eigenvalue weighted by Gasteiger charge is -2.14. The SMILES string of the molecule is CC(NC(=O)c1ccc(I)c(Cl)c1)c1ccc(Cl)cc1. The highest BCUT2D eigenvalue weighted by Gasteiger charge is 2.12. The molecule has 0 aromatic heterocycles. The van der Waals surface area contributed by atoms with Crippen LogP contribution in [0.1, 0.15) is 28.9 Å². The Hall–Kier alpha value is -0.780. The molecule has 0 aliphatic carbocycles. The Labute approximate surface area is 141 Å². The first-order chi connectivity index (χ1) is 9.47. The fourth-order valence-electron chi connectivity index (χ4n) is 1.75. The predicted molar refractivity (Wildman–Crippen MR) is 91.5 cm³/mol. The van der Waals surface area contributed by atoms with Crippen molar-refractivity contribution in [3.05, 3.63) is 67.2 Å². The van der Waals surface area contributed by atoms with Gasteiger partial charge in [0, 0.05) is 14.2 Å². The highest BCUT2D eigenvalue weighted by atomic mass is 127. The Balaban J connectivity index is 2.10. The number of carbonyl (C=O) groups excluding carboxylic acids is 1. The predicted octanol–water partition coefficient (Wildman–Crippen LogP) is 5.09. The summed E-state index contributed by atoms with van der Waals surface area (Å²) in [6.45, 7) is 1.93. The largest absolute Gasteiger partial charge is 0.346 e. The summed E-state index contributed by atoms with van der Waals surface area (Å²) in [7, 11) is 0. The van der Waals surface area contributed by atoms with Crippen LogP contribution in [0, 0.1) is 3.57 Å². The van der Waals surface area contributed by atoms with E-state index in [1.54, 1.807) is 24.3 Å². The molecule has 5 heteroatoms. The van der Waals surface area contributed by atoms with Gasteiger partial charge in [-0.1, -0.05) is 35.3 Å². The van der Waals surface area contributed by atoms with Crippen LogP contribution in [0.2, 0.25) is 10.0 Å². The topological polar surface area (TPSA) is 29.1 Å². The minimum atomic E-state index is -0.147. The first-order valence-corrected chi connectivity index (χ1v) is 7.82. The fraction of sp³-hybridized carbons (Fsp3) is 0.133. The Kier molecular flexibility index (Phi) is 5.29. The Morgan fingerprint density at radius 2 is 1.80 bits per heavy atom. The zero-order chi connectivity index (χ0) is 14.7. The van der Waals surface area contributed by atoms with Gasteiger partial charge < -0.3 is 5.32 Å². The lowest BCUT2D eigenvalue weighted by molar-refractivity contribution is 0.0940. The number of rotatable bonds is 3. The van der Waals surface area contributed by atoms with E-state index in [2.05, 4.69) is 27.9 Å². The van der Waals surface area contributed by atoms with Gasteiger partial charge in [-0.2, -0.15) is 0 Å². The van der Waals surface area contributed by atoms with Crippen molar-refractivity contribution in [2.45, 2.75) is 13.0 Å². The van der Waals surface area contributed by atoms with Crippen molar-refractivity contribution < 1.29 is 4.79 Å². The standard InChI is InChI=1S/C15H12Cl2INO/c1-9(10-2-5-12(16)6-3-10)19-15(20)11-4-7-14(18)13(17)8-11/h2-9H,1H3,(H,19,20). The van der Waals surface area contributed by atoms with Gasteiger partial charge in [0.15, 0.2) is 0 Å². The zero-order valence-corrected chi connectivity index (χ0v) is 14.3. The summed E-state index contributed by atoms with van der Waals surface area (Å²) >= 11 is 14.0. The normalized spacial score (nSPS) is 12.0. The first kappa shape index (κ1) is 15.6. The smallest absolute Gasteiger partial charge is 0.251 e. The summed E-state index contributed by atoms with van der Waals surface area (Å²) in [6, 6.07) is 12.6. The van der Waals surface area contributed by atoms with Gasteiger partial charge in [-0.15, -0.1) is 0 Å². The number of halogens is 3. The monoisotopic (exact) mass is 419 g/mol. The molecule has 2 rings (SSSR count). The van der Waals surface area contributed by atoms with E-state index in [0.717, 1.165) is 9.13 Å². The number of hydrogen-bond donors (Lipinski definition) is 1. The molecule has 104 valence electrons. The molecule has 1 atom stereocenters. The second-order valence-corrected chi connectivity index (χ2v) is 6.38. The van der Waals surface area contributed by atoms with E-state index in [-0.39, 0.29) is 11.9 Å². The molecule has 20 heavy (non-hydrogen) atoms. The van der Waals surface area contributed by atoms with Crippen LogP contribution in [0.15, 0.2) is 42.5 Å². The maximum atomic E-state index is 12.2. The van der Waals surface area contributed by atoms with E-state index in [1.807, 2.05) is 25.1 Å². The van der Waals surface area contributed by atoms with Gasteiger partial charge in [0.1, 0.15) is 0 Å². The van der Waals surface area contributed by atoms with Crippen LogP contribution in [0.25, 0.3) is 0 Å². The molecule has 0 saturated heterocycles. The molecule has 0 bridgehead atoms. The van der Waals surface area contributed by atoms with Gasteiger partial charge in [0.25, 0.3) is 5.91 Å². The molecule has 0 spiro atoms. The Morgan fingerprint density at radius 1 is 1.15 bits per heavy atom. The van der Waals surface area contributed by atoms with Crippen molar-refractivity contribution in [3.8, 4) is 0 Å². The molecular formula is C15H12Cl2INO. The third-order valence-electron chi connectivity index (χ3n) is 2.90. The summed E-state index contributed by atoms with van der Waals surface area (Å²) in [6.07, 6.45) is 0. The number of benzene rings is 2. The second kappa shape index (κ2) is 6.78. The quantitative estimate of drug-likeness (QED) is 0.689. The molecule has 2 aromatic rings. The van der Waals surface area contributed by atoms with E-state index in [9.17, 15) is 4.79 Å². The van der Waals surface area contributed by atoms with Crippen LogP contribution in [0.3, 0.4) is 0 Å². The molecule has 0 fully saturated rings. The van der Waals surface area contributed by atoms with Gasteiger partial charge in [0.05, 0.1) is 11.1 Å². The average Bonchev–Trinajstić information content (AvgIpc) is 2.42. The number of carbonyl (C=O) groups is 1. The zero-order valence-electron chi connectivity index (χ0n) is 10.7. The van der Waals surface area contributed by atoms with E-state index < -0.39 is 0 Å². The molecule has 2 aromatic carbocycles. The second-order valence-electron chi connectivity index (χ2n) is 4.38. The first-order valence-electron chi connectivity index (χ1n) is 5.99. The summed E-state index contributed by atoms with van der Waals surface area (Å²) in [5.74, 6) is -0.147. The van der Waals surface area contributed by atoms with Crippen LogP contribution in [-0.4, -0.2) is 5.91 Å². The summed E-state index contributed by atoms with van der Waals surface area (Å²) in [5, 5.41) is 4.19. The molecule has 0 aliphatic heterocycles. The number of hydrogen-bond acceptors (Lipinski definition) is 1. The van der Waals surface area contributed by atoms with Crippen molar-refractivity contribution in [3.63, 3.8) is 0 Å². The third kappa shape index (κ3) is 3.87. The van der Waals surface area contributed by atoms with Crippen LogP contribution in [-0.2, 0) is 0 Å². The molecule has 1 N–H and O–H groups in total. The molecule has 1 amide bonds. The minimum absolute atomic E-state index is 0.0992. The highest BCUT2D eigenvalue weighted by molar-refractivity contribution is 14.1. The van der Waals surface area contributed by atoms with E-state index >= 15 is 0 Å². The summed E-state index contributed by atoms with van der Waals surface area (Å²) in [4.78, 5) is 12.2. The lowest BCUT2D eigenvalue weighted by atomic mass is 10.1. The lowest BCUT2D eigenvalue weighted by Crippen LogP contribution is -2.26.